The Labute approximate surface area is 289 Å². The molecule has 1 aliphatic carbocycles. The Morgan fingerprint density at radius 2 is 1.10 bits per heavy atom. The van der Waals surface area contributed by atoms with Crippen molar-refractivity contribution in [1.82, 2.24) is 19.5 Å². The standard InChI is InChI=1S/C46H30N4/c1-4-17-31(18-5-1)42-37-26-14-15-27-39(37)47-45(48-42)38-29-28-30-16-10-11-23-34(30)41-40(38)35-24-12-13-25-36(35)43-44(41)50(33-21-8-3-9-22-33)46(49-43)32-19-6-2-7-20-32/h1-27,29H,28H2. The van der Waals surface area contributed by atoms with E-state index >= 15 is 0 Å². The van der Waals surface area contributed by atoms with Crippen LogP contribution in [0.3, 0.4) is 0 Å². The molecule has 0 saturated carbocycles. The van der Waals surface area contributed by atoms with Crippen molar-refractivity contribution in [3.63, 3.8) is 0 Å². The van der Waals surface area contributed by atoms with Crippen LogP contribution in [0, 0.1) is 0 Å². The highest BCUT2D eigenvalue weighted by Crippen LogP contribution is 2.48. The lowest BCUT2D eigenvalue weighted by atomic mass is 9.87. The van der Waals surface area contributed by atoms with Crippen LogP contribution in [0.25, 0.3) is 77.7 Å². The lowest BCUT2D eigenvalue weighted by Gasteiger charge is -2.20. The lowest BCUT2D eigenvalue weighted by molar-refractivity contribution is 1.10. The number of imidazole rings is 1. The Hall–Kier alpha value is -6.65. The molecule has 0 radical (unpaired) electrons. The Morgan fingerprint density at radius 3 is 1.88 bits per heavy atom. The largest absolute Gasteiger partial charge is 0.292 e. The minimum absolute atomic E-state index is 0.718. The van der Waals surface area contributed by atoms with Gasteiger partial charge in [0.05, 0.1) is 22.2 Å². The molecule has 0 unspecified atom stereocenters. The first kappa shape index (κ1) is 28.4. The average Bonchev–Trinajstić information content (AvgIpc) is 3.51. The monoisotopic (exact) mass is 638 g/mol. The van der Waals surface area contributed by atoms with Crippen LogP contribution < -0.4 is 0 Å². The van der Waals surface area contributed by atoms with Gasteiger partial charge in [0.15, 0.2) is 5.82 Å². The maximum absolute atomic E-state index is 5.50. The molecule has 0 aliphatic heterocycles. The van der Waals surface area contributed by atoms with E-state index in [0.717, 1.165) is 90.0 Å². The number of para-hydroxylation sites is 2. The summed E-state index contributed by atoms with van der Waals surface area (Å²) >= 11 is 0. The summed E-state index contributed by atoms with van der Waals surface area (Å²) in [6, 6.07) is 57.4. The predicted octanol–water partition coefficient (Wildman–Crippen LogP) is 11.1. The minimum atomic E-state index is 0.718. The van der Waals surface area contributed by atoms with Crippen molar-refractivity contribution in [3.8, 4) is 39.5 Å². The first-order valence-corrected chi connectivity index (χ1v) is 17.0. The zero-order valence-electron chi connectivity index (χ0n) is 27.2. The van der Waals surface area contributed by atoms with Gasteiger partial charge in [0, 0.05) is 44.3 Å². The van der Waals surface area contributed by atoms with E-state index in [1.165, 1.54) is 11.1 Å². The summed E-state index contributed by atoms with van der Waals surface area (Å²) in [7, 11) is 0. The molecule has 2 aromatic heterocycles. The Balaban J connectivity index is 1.39. The molecule has 9 aromatic rings. The first-order chi connectivity index (χ1) is 24.8. The van der Waals surface area contributed by atoms with Crippen molar-refractivity contribution < 1.29 is 0 Å². The van der Waals surface area contributed by atoms with E-state index in [1.807, 2.05) is 6.07 Å². The molecule has 0 amide bonds. The van der Waals surface area contributed by atoms with E-state index in [4.69, 9.17) is 15.0 Å². The van der Waals surface area contributed by atoms with Crippen molar-refractivity contribution >= 4 is 38.3 Å². The third-order valence-electron chi connectivity index (χ3n) is 9.84. The van der Waals surface area contributed by atoms with Gasteiger partial charge >= 0.3 is 0 Å². The third-order valence-corrected chi connectivity index (χ3v) is 9.84. The summed E-state index contributed by atoms with van der Waals surface area (Å²) in [5.74, 6) is 1.63. The molecule has 0 atom stereocenters. The molecule has 234 valence electrons. The fourth-order valence-corrected chi connectivity index (χ4v) is 7.62. The van der Waals surface area contributed by atoms with E-state index in [2.05, 4.69) is 168 Å². The molecule has 0 bridgehead atoms. The van der Waals surface area contributed by atoms with Crippen molar-refractivity contribution in [2.75, 3.05) is 0 Å². The van der Waals surface area contributed by atoms with Crippen LogP contribution in [0.5, 0.6) is 0 Å². The first-order valence-electron chi connectivity index (χ1n) is 17.0. The smallest absolute Gasteiger partial charge is 0.160 e. The minimum Gasteiger partial charge on any atom is -0.292 e. The summed E-state index contributed by atoms with van der Waals surface area (Å²) in [6.07, 6.45) is 3.08. The van der Waals surface area contributed by atoms with E-state index < -0.39 is 0 Å². The summed E-state index contributed by atoms with van der Waals surface area (Å²) in [5.41, 5.74) is 12.9. The average molecular weight is 639 g/mol. The van der Waals surface area contributed by atoms with Crippen LogP contribution in [0.2, 0.25) is 0 Å². The maximum Gasteiger partial charge on any atom is 0.160 e. The second-order valence-corrected chi connectivity index (χ2v) is 12.7. The molecule has 1 aliphatic rings. The molecule has 0 N–H and O–H groups in total. The van der Waals surface area contributed by atoms with Crippen molar-refractivity contribution in [3.05, 3.63) is 187 Å². The summed E-state index contributed by atoms with van der Waals surface area (Å²) in [4.78, 5) is 16.2. The van der Waals surface area contributed by atoms with Crippen molar-refractivity contribution in [1.29, 1.82) is 0 Å². The van der Waals surface area contributed by atoms with Crippen molar-refractivity contribution in [2.45, 2.75) is 6.42 Å². The number of hydrogen-bond donors (Lipinski definition) is 0. The Kier molecular flexibility index (Phi) is 6.53. The normalized spacial score (nSPS) is 12.4. The molecule has 2 heterocycles. The molecule has 10 rings (SSSR count). The van der Waals surface area contributed by atoms with E-state index in [-0.39, 0.29) is 0 Å². The van der Waals surface area contributed by atoms with E-state index in [0.29, 0.717) is 0 Å². The lowest BCUT2D eigenvalue weighted by Crippen LogP contribution is -2.04. The molecule has 7 aromatic carbocycles. The number of fused-ring (bicyclic) bond motifs is 9. The molecule has 0 fully saturated rings. The SMILES string of the molecule is C1=C(c2nc(-c3ccccc3)c3ccccc3n2)c2c(c3c(nc(-c4ccccc4)n3-c3ccccc3)c3ccccc23)-c2ccccc2C1. The molecule has 0 saturated heterocycles. The summed E-state index contributed by atoms with van der Waals surface area (Å²) in [6.45, 7) is 0. The van der Waals surface area contributed by atoms with E-state index in [1.54, 1.807) is 0 Å². The number of aromatic nitrogens is 4. The molecular formula is C46H30N4. The van der Waals surface area contributed by atoms with Crippen LogP contribution in [0.4, 0.5) is 0 Å². The predicted molar refractivity (Wildman–Crippen MR) is 205 cm³/mol. The van der Waals surface area contributed by atoms with Gasteiger partial charge in [-0.3, -0.25) is 4.57 Å². The highest BCUT2D eigenvalue weighted by atomic mass is 15.1. The number of rotatable bonds is 4. The second-order valence-electron chi connectivity index (χ2n) is 12.7. The van der Waals surface area contributed by atoms with Gasteiger partial charge in [0.1, 0.15) is 5.82 Å². The van der Waals surface area contributed by atoms with Crippen LogP contribution in [0.1, 0.15) is 17.0 Å². The van der Waals surface area contributed by atoms with Crippen LogP contribution in [0.15, 0.2) is 170 Å². The number of allylic oxidation sites excluding steroid dienone is 1. The fourth-order valence-electron chi connectivity index (χ4n) is 7.62. The Morgan fingerprint density at radius 1 is 0.480 bits per heavy atom. The Bertz CT molecular complexity index is 2760. The zero-order valence-corrected chi connectivity index (χ0v) is 27.2. The summed E-state index contributed by atoms with van der Waals surface area (Å²) in [5, 5.41) is 3.27. The zero-order chi connectivity index (χ0) is 33.0. The quantitative estimate of drug-likeness (QED) is 0.193. The highest BCUT2D eigenvalue weighted by Gasteiger charge is 2.29. The molecule has 4 heteroatoms. The van der Waals surface area contributed by atoms with Crippen LogP contribution >= 0.6 is 0 Å². The molecule has 4 nitrogen and oxygen atoms in total. The number of nitrogens with zero attached hydrogens (tertiary/aromatic N) is 4. The topological polar surface area (TPSA) is 43.6 Å². The van der Waals surface area contributed by atoms with Gasteiger partial charge in [-0.05, 0) is 41.1 Å². The molecule has 50 heavy (non-hydrogen) atoms. The number of hydrogen-bond acceptors (Lipinski definition) is 3. The van der Waals surface area contributed by atoms with Crippen LogP contribution in [-0.2, 0) is 6.42 Å². The second kappa shape index (κ2) is 11.5. The number of benzene rings is 7. The van der Waals surface area contributed by atoms with Gasteiger partial charge < -0.3 is 0 Å². The molecule has 0 spiro atoms. The van der Waals surface area contributed by atoms with Gasteiger partial charge in [-0.15, -0.1) is 0 Å². The van der Waals surface area contributed by atoms with Gasteiger partial charge in [0.2, 0.25) is 0 Å². The third kappa shape index (κ3) is 4.42. The van der Waals surface area contributed by atoms with Crippen molar-refractivity contribution in [2.24, 2.45) is 0 Å². The summed E-state index contributed by atoms with van der Waals surface area (Å²) < 4.78 is 2.35. The maximum atomic E-state index is 5.50. The van der Waals surface area contributed by atoms with Gasteiger partial charge in [0.25, 0.3) is 0 Å². The van der Waals surface area contributed by atoms with Gasteiger partial charge in [-0.25, -0.2) is 15.0 Å². The molecular weight excluding hydrogens is 609 g/mol. The fraction of sp³-hybridized carbons (Fsp3) is 0.0217. The van der Waals surface area contributed by atoms with Gasteiger partial charge in [-0.2, -0.15) is 0 Å². The highest BCUT2D eigenvalue weighted by molar-refractivity contribution is 6.19. The van der Waals surface area contributed by atoms with E-state index in [9.17, 15) is 0 Å². The van der Waals surface area contributed by atoms with Gasteiger partial charge in [-0.1, -0.05) is 152 Å². The van der Waals surface area contributed by atoms with Crippen LogP contribution in [-0.4, -0.2) is 19.5 Å².